The molecule has 1 amide bonds. The molecule has 3 aliphatic rings. The van der Waals surface area contributed by atoms with Crippen LogP contribution < -0.4 is 9.64 Å². The highest BCUT2D eigenvalue weighted by molar-refractivity contribution is 5.84. The maximum atomic E-state index is 13.6. The molecule has 3 atom stereocenters. The van der Waals surface area contributed by atoms with Crippen LogP contribution in [-0.4, -0.2) is 36.8 Å². The minimum atomic E-state index is -4.93. The molecule has 32 heavy (non-hydrogen) atoms. The monoisotopic (exact) mass is 444 g/mol. The van der Waals surface area contributed by atoms with Gasteiger partial charge in [-0.2, -0.15) is 13.2 Å². The fourth-order valence-electron chi connectivity index (χ4n) is 5.96. The van der Waals surface area contributed by atoms with E-state index in [1.165, 1.54) is 0 Å². The first-order valence-corrected chi connectivity index (χ1v) is 10.9. The molecule has 5 rings (SSSR count). The number of fused-ring (bicyclic) bond motifs is 3. The summed E-state index contributed by atoms with van der Waals surface area (Å²) < 4.78 is 47.4. The number of rotatable bonds is 0. The van der Waals surface area contributed by atoms with E-state index >= 15 is 0 Å². The minimum absolute atomic E-state index is 0.0310. The number of hydrogen-bond donors (Lipinski definition) is 0. The molecule has 0 aliphatic carbocycles. The molecular weight excluding hydrogens is 417 g/mol. The smallest absolute Gasteiger partial charge is 0.469 e. The second kappa shape index (κ2) is 6.42. The number of anilines is 1. The number of benzene rings is 2. The van der Waals surface area contributed by atoms with Crippen molar-refractivity contribution < 1.29 is 22.7 Å². The standard InChI is InChI=1S/C25H27F3N2O2/c1-14-7-6-8-17-19(14)29(5)22-24(17)11-12-30(21(31)25(26,27)28)20(24)16-13-15(23(2,3)4)9-10-18(16)32-22/h6-10,13,20,22H,11-12H2,1-5H3/t20-,22-,24+/m0/s1. The maximum absolute atomic E-state index is 13.6. The van der Waals surface area contributed by atoms with Gasteiger partial charge in [0.25, 0.3) is 0 Å². The maximum Gasteiger partial charge on any atom is 0.471 e. The third-order valence-corrected chi connectivity index (χ3v) is 7.36. The lowest BCUT2D eigenvalue weighted by Crippen LogP contribution is -2.54. The molecule has 7 heteroatoms. The molecule has 0 N–H and O–H groups in total. The number of nitrogens with zero attached hydrogens (tertiary/aromatic N) is 2. The third kappa shape index (κ3) is 2.66. The van der Waals surface area contributed by atoms with Gasteiger partial charge < -0.3 is 14.5 Å². The fourth-order valence-corrected chi connectivity index (χ4v) is 5.96. The minimum Gasteiger partial charge on any atom is -0.469 e. The summed E-state index contributed by atoms with van der Waals surface area (Å²) in [6, 6.07) is 10.9. The summed E-state index contributed by atoms with van der Waals surface area (Å²) in [6.07, 6.45) is -5.01. The molecule has 4 nitrogen and oxygen atoms in total. The highest BCUT2D eigenvalue weighted by atomic mass is 19.4. The first-order valence-electron chi connectivity index (χ1n) is 10.9. The van der Waals surface area contributed by atoms with Gasteiger partial charge in [-0.25, -0.2) is 0 Å². The topological polar surface area (TPSA) is 32.8 Å². The molecule has 0 bridgehead atoms. The largest absolute Gasteiger partial charge is 0.471 e. The Kier molecular flexibility index (Phi) is 4.25. The van der Waals surface area contributed by atoms with Gasteiger partial charge in [0.2, 0.25) is 0 Å². The van der Waals surface area contributed by atoms with Crippen molar-refractivity contribution in [3.8, 4) is 5.75 Å². The second-order valence-electron chi connectivity index (χ2n) is 10.2. The molecule has 2 aromatic rings. The summed E-state index contributed by atoms with van der Waals surface area (Å²) >= 11 is 0. The number of aryl methyl sites for hydroxylation is 1. The van der Waals surface area contributed by atoms with Crippen LogP contribution in [0, 0.1) is 6.92 Å². The lowest BCUT2D eigenvalue weighted by Gasteiger charge is -2.46. The van der Waals surface area contributed by atoms with E-state index in [1.54, 1.807) is 0 Å². The number of likely N-dealkylation sites (N-methyl/N-ethyl adjacent to an activating group) is 1. The zero-order valence-electron chi connectivity index (χ0n) is 18.9. The third-order valence-electron chi connectivity index (χ3n) is 7.36. The molecule has 170 valence electrons. The van der Waals surface area contributed by atoms with Crippen LogP contribution in [0.3, 0.4) is 0 Å². The van der Waals surface area contributed by atoms with Gasteiger partial charge in [-0.15, -0.1) is 0 Å². The average molecular weight is 444 g/mol. The summed E-state index contributed by atoms with van der Waals surface area (Å²) in [4.78, 5) is 15.7. The van der Waals surface area contributed by atoms with Crippen LogP contribution in [0.2, 0.25) is 0 Å². The van der Waals surface area contributed by atoms with Crippen molar-refractivity contribution in [3.05, 3.63) is 58.7 Å². The number of carbonyl (C=O) groups is 1. The van der Waals surface area contributed by atoms with Crippen LogP contribution in [0.5, 0.6) is 5.75 Å². The Morgan fingerprint density at radius 2 is 1.88 bits per heavy atom. The summed E-state index contributed by atoms with van der Waals surface area (Å²) in [5.74, 6) is -1.24. The molecular formula is C25H27F3N2O2. The van der Waals surface area contributed by atoms with Gasteiger partial charge >= 0.3 is 12.1 Å². The quantitative estimate of drug-likeness (QED) is 0.558. The van der Waals surface area contributed by atoms with Crippen LogP contribution in [0.4, 0.5) is 18.9 Å². The Bertz CT molecular complexity index is 1120. The van der Waals surface area contributed by atoms with E-state index in [-0.39, 0.29) is 12.0 Å². The number of alkyl halides is 3. The number of amides is 1. The SMILES string of the molecule is Cc1cccc2c1N(C)[C@H]1Oc3ccc(C(C)(C)C)cc3[C@@H]3N(C(=O)C(F)(F)F)CC[C@@]231. The predicted molar refractivity (Wildman–Crippen MR) is 116 cm³/mol. The molecule has 0 unspecified atom stereocenters. The van der Waals surface area contributed by atoms with Gasteiger partial charge in [0.15, 0.2) is 6.23 Å². The average Bonchev–Trinajstić information content (AvgIpc) is 3.21. The van der Waals surface area contributed by atoms with Gasteiger partial charge in [0.1, 0.15) is 5.75 Å². The summed E-state index contributed by atoms with van der Waals surface area (Å²) in [5.41, 5.74) is 3.67. The summed E-state index contributed by atoms with van der Waals surface area (Å²) in [5, 5.41) is 0. The number of carbonyl (C=O) groups excluding carboxylic acids is 1. The number of likely N-dealkylation sites (tertiary alicyclic amines) is 1. The van der Waals surface area contributed by atoms with Crippen LogP contribution in [-0.2, 0) is 15.6 Å². The van der Waals surface area contributed by atoms with Crippen molar-refractivity contribution in [2.45, 2.75) is 63.4 Å². The first-order chi connectivity index (χ1) is 14.9. The molecule has 2 aromatic carbocycles. The molecule has 3 heterocycles. The molecule has 1 saturated heterocycles. The van der Waals surface area contributed by atoms with E-state index in [0.29, 0.717) is 17.7 Å². The number of ether oxygens (including phenoxy) is 1. The summed E-state index contributed by atoms with van der Waals surface area (Å²) in [7, 11) is 1.92. The van der Waals surface area contributed by atoms with E-state index in [2.05, 4.69) is 20.8 Å². The lowest BCUT2D eigenvalue weighted by molar-refractivity contribution is -0.187. The Morgan fingerprint density at radius 1 is 1.16 bits per heavy atom. The van der Waals surface area contributed by atoms with Crippen LogP contribution in [0.25, 0.3) is 0 Å². The summed E-state index contributed by atoms with van der Waals surface area (Å²) in [6.45, 7) is 8.21. The Hall–Kier alpha value is -2.70. The Balaban J connectivity index is 1.78. The zero-order chi connectivity index (χ0) is 23.2. The van der Waals surface area contributed by atoms with Crippen LogP contribution in [0.1, 0.15) is 55.5 Å². The van der Waals surface area contributed by atoms with Crippen LogP contribution >= 0.6 is 0 Å². The fraction of sp³-hybridized carbons (Fsp3) is 0.480. The van der Waals surface area contributed by atoms with Gasteiger partial charge in [0.05, 0.1) is 11.5 Å². The molecule has 3 aliphatic heterocycles. The van der Waals surface area contributed by atoms with Gasteiger partial charge in [0, 0.05) is 24.8 Å². The van der Waals surface area contributed by atoms with E-state index in [4.69, 9.17) is 4.74 Å². The zero-order valence-corrected chi connectivity index (χ0v) is 18.9. The van der Waals surface area contributed by atoms with Crippen molar-refractivity contribution in [2.75, 3.05) is 18.5 Å². The van der Waals surface area contributed by atoms with Crippen molar-refractivity contribution in [1.29, 1.82) is 0 Å². The lowest BCUT2D eigenvalue weighted by atomic mass is 9.69. The molecule has 0 saturated carbocycles. The van der Waals surface area contributed by atoms with E-state index in [9.17, 15) is 18.0 Å². The van der Waals surface area contributed by atoms with Gasteiger partial charge in [-0.3, -0.25) is 4.79 Å². The molecule has 0 aromatic heterocycles. The predicted octanol–water partition coefficient (Wildman–Crippen LogP) is 5.23. The number of halogens is 3. The first kappa shape index (κ1) is 21.2. The molecule has 1 spiro atoms. The van der Waals surface area contributed by atoms with E-state index in [1.807, 2.05) is 55.3 Å². The second-order valence-corrected chi connectivity index (χ2v) is 10.2. The van der Waals surface area contributed by atoms with Crippen molar-refractivity contribution in [1.82, 2.24) is 4.90 Å². The highest BCUT2D eigenvalue weighted by Gasteiger charge is 2.66. The van der Waals surface area contributed by atoms with Gasteiger partial charge in [-0.05, 0) is 47.6 Å². The van der Waals surface area contributed by atoms with Crippen molar-refractivity contribution in [3.63, 3.8) is 0 Å². The highest BCUT2D eigenvalue weighted by Crippen LogP contribution is 2.63. The Labute approximate surface area is 186 Å². The number of hydrogen-bond acceptors (Lipinski definition) is 3. The van der Waals surface area contributed by atoms with Crippen LogP contribution in [0.15, 0.2) is 36.4 Å². The Morgan fingerprint density at radius 3 is 2.53 bits per heavy atom. The molecule has 1 fully saturated rings. The van der Waals surface area contributed by atoms with E-state index < -0.39 is 29.8 Å². The molecule has 0 radical (unpaired) electrons. The van der Waals surface area contributed by atoms with Crippen molar-refractivity contribution >= 4 is 11.6 Å². The van der Waals surface area contributed by atoms with Crippen molar-refractivity contribution in [2.24, 2.45) is 0 Å². The van der Waals surface area contributed by atoms with E-state index in [0.717, 1.165) is 27.3 Å². The normalized spacial score (nSPS) is 26.2. The number of para-hydroxylation sites is 1. The van der Waals surface area contributed by atoms with Gasteiger partial charge in [-0.1, -0.05) is 45.0 Å².